The molecule has 0 aliphatic heterocycles. The molecule has 1 heteroatoms. The molecule has 6 aromatic rings. The largest absolute Gasteiger partial charge is 0.0622 e. The molecule has 0 amide bonds. The molecule has 0 unspecified atom stereocenters. The molecule has 37 heavy (non-hydrogen) atoms. The second kappa shape index (κ2) is 8.03. The highest BCUT2D eigenvalue weighted by Gasteiger charge is 2.43. The Bertz CT molecular complexity index is 1800. The van der Waals surface area contributed by atoms with E-state index in [2.05, 4.69) is 143 Å². The van der Waals surface area contributed by atoms with Gasteiger partial charge in [0.25, 0.3) is 0 Å². The topological polar surface area (TPSA) is 0 Å². The molecule has 0 fully saturated rings. The molecule has 0 nitrogen and oxygen atoms in total. The monoisotopic (exact) mass is 534 g/mol. The van der Waals surface area contributed by atoms with Crippen molar-refractivity contribution in [3.05, 3.63) is 165 Å². The van der Waals surface area contributed by atoms with E-state index in [0.29, 0.717) is 0 Å². The van der Waals surface area contributed by atoms with Crippen LogP contribution in [0.3, 0.4) is 0 Å². The average molecular weight is 535 g/mol. The lowest BCUT2D eigenvalue weighted by atomic mass is 9.60. The molecular weight excluding hydrogens is 512 g/mol. The Morgan fingerprint density at radius 2 is 0.838 bits per heavy atom. The van der Waals surface area contributed by atoms with Crippen molar-refractivity contribution in [2.75, 3.05) is 0 Å². The number of fused-ring (bicyclic) bond motifs is 1. The number of hydrogen-bond donors (Lipinski definition) is 0. The van der Waals surface area contributed by atoms with Gasteiger partial charge in [-0.2, -0.15) is 0 Å². The highest BCUT2D eigenvalue weighted by molar-refractivity contribution is 9.10. The normalized spacial score (nSPS) is 16.8. The van der Waals surface area contributed by atoms with Crippen LogP contribution in [0.25, 0.3) is 33.0 Å². The maximum Gasteiger partial charge on any atom is 0.0360 e. The third-order valence-electron chi connectivity index (χ3n) is 8.35. The Morgan fingerprint density at radius 3 is 1.46 bits per heavy atom. The van der Waals surface area contributed by atoms with Crippen LogP contribution in [0.5, 0.6) is 0 Å². The summed E-state index contributed by atoms with van der Waals surface area (Å²) in [6.45, 7) is 0. The van der Waals surface area contributed by atoms with Crippen LogP contribution in [-0.2, 0) is 0 Å². The van der Waals surface area contributed by atoms with Crippen molar-refractivity contribution in [1.82, 2.24) is 0 Å². The third-order valence-corrected chi connectivity index (χ3v) is 9.04. The maximum absolute atomic E-state index is 3.99. The van der Waals surface area contributed by atoms with E-state index < -0.39 is 0 Å². The number of benzene rings is 6. The zero-order chi connectivity index (χ0) is 24.5. The zero-order valence-electron chi connectivity index (χ0n) is 20.2. The molecule has 0 saturated heterocycles. The molecule has 174 valence electrons. The molecular formula is C36H23Br. The first-order chi connectivity index (χ1) is 18.3. The highest BCUT2D eigenvalue weighted by atomic mass is 79.9. The van der Waals surface area contributed by atoms with Crippen molar-refractivity contribution in [1.29, 1.82) is 0 Å². The van der Waals surface area contributed by atoms with Crippen LogP contribution in [-0.4, -0.2) is 0 Å². The second-order valence-corrected chi connectivity index (χ2v) is 11.0. The first-order valence-corrected chi connectivity index (χ1v) is 13.7. The van der Waals surface area contributed by atoms with E-state index in [1.807, 2.05) is 0 Å². The molecule has 3 aliphatic carbocycles. The van der Waals surface area contributed by atoms with Crippen LogP contribution < -0.4 is 0 Å². The lowest BCUT2D eigenvalue weighted by Gasteiger charge is -2.43. The van der Waals surface area contributed by atoms with Gasteiger partial charge in [-0.1, -0.05) is 137 Å². The smallest absolute Gasteiger partial charge is 0.0360 e. The van der Waals surface area contributed by atoms with Gasteiger partial charge >= 0.3 is 0 Å². The molecule has 6 aromatic carbocycles. The fourth-order valence-corrected chi connectivity index (χ4v) is 7.46. The van der Waals surface area contributed by atoms with Crippen LogP contribution in [0, 0.1) is 0 Å². The van der Waals surface area contributed by atoms with Gasteiger partial charge in [0, 0.05) is 16.3 Å². The van der Waals surface area contributed by atoms with E-state index in [4.69, 9.17) is 0 Å². The van der Waals surface area contributed by atoms with E-state index in [9.17, 15) is 0 Å². The second-order valence-electron chi connectivity index (χ2n) is 10.1. The Hall–Kier alpha value is -3.94. The van der Waals surface area contributed by atoms with Gasteiger partial charge in [0.05, 0.1) is 0 Å². The fourth-order valence-electron chi connectivity index (χ4n) is 6.88. The first-order valence-electron chi connectivity index (χ1n) is 12.9. The predicted octanol–water partition coefficient (Wildman–Crippen LogP) is 9.92. The Morgan fingerprint density at radius 1 is 0.378 bits per heavy atom. The van der Waals surface area contributed by atoms with Gasteiger partial charge in [0.15, 0.2) is 0 Å². The van der Waals surface area contributed by atoms with Gasteiger partial charge in [-0.25, -0.2) is 0 Å². The van der Waals surface area contributed by atoms with Gasteiger partial charge in [0.1, 0.15) is 0 Å². The minimum atomic E-state index is 0.229. The average Bonchev–Trinajstić information content (AvgIpc) is 2.97. The molecule has 0 radical (unpaired) electrons. The molecule has 0 N–H and O–H groups in total. The molecule has 9 rings (SSSR count). The number of hydrogen-bond acceptors (Lipinski definition) is 0. The lowest BCUT2D eigenvalue weighted by molar-refractivity contribution is 0.752. The number of rotatable bonds is 2. The summed E-state index contributed by atoms with van der Waals surface area (Å²) in [6, 6.07) is 47.0. The van der Waals surface area contributed by atoms with Crippen LogP contribution in [0.2, 0.25) is 0 Å². The van der Waals surface area contributed by atoms with E-state index in [1.54, 1.807) is 0 Å². The zero-order valence-corrected chi connectivity index (χ0v) is 21.7. The van der Waals surface area contributed by atoms with Gasteiger partial charge in [0.2, 0.25) is 0 Å². The standard InChI is InChI=1S/C36H23Br/c37-32-21-20-31(26-19-18-23(22-10-2-1-3-11-22)24-12-4-5-13-25(24)26)35-33-27-14-6-8-16-29(27)34(36(32)35)30-17-9-7-15-28(30)33/h1-21,33-34H. The summed E-state index contributed by atoms with van der Waals surface area (Å²) in [5, 5.41) is 2.60. The van der Waals surface area contributed by atoms with Crippen LogP contribution in [0.4, 0.5) is 0 Å². The Balaban J connectivity index is 1.44. The first kappa shape index (κ1) is 21.2. The quantitative estimate of drug-likeness (QED) is 0.207. The van der Waals surface area contributed by atoms with Crippen LogP contribution in [0.1, 0.15) is 45.2 Å². The summed E-state index contributed by atoms with van der Waals surface area (Å²) in [5.74, 6) is 0.476. The molecule has 2 bridgehead atoms. The summed E-state index contributed by atoms with van der Waals surface area (Å²) in [5.41, 5.74) is 13.8. The van der Waals surface area contributed by atoms with Crippen molar-refractivity contribution < 1.29 is 0 Å². The summed E-state index contributed by atoms with van der Waals surface area (Å²) < 4.78 is 1.20. The minimum Gasteiger partial charge on any atom is -0.0622 e. The molecule has 0 saturated carbocycles. The summed E-state index contributed by atoms with van der Waals surface area (Å²) in [6.07, 6.45) is 0. The van der Waals surface area contributed by atoms with Crippen LogP contribution in [0.15, 0.2) is 132 Å². The Labute approximate surface area is 225 Å². The van der Waals surface area contributed by atoms with Gasteiger partial charge in [-0.3, -0.25) is 0 Å². The van der Waals surface area contributed by atoms with Gasteiger partial charge in [-0.15, -0.1) is 0 Å². The van der Waals surface area contributed by atoms with E-state index in [0.717, 1.165) is 0 Å². The third kappa shape index (κ3) is 2.95. The molecule has 3 aliphatic rings. The van der Waals surface area contributed by atoms with Crippen molar-refractivity contribution in [2.45, 2.75) is 11.8 Å². The highest BCUT2D eigenvalue weighted by Crippen LogP contribution is 2.59. The van der Waals surface area contributed by atoms with E-state index >= 15 is 0 Å². The minimum absolute atomic E-state index is 0.229. The molecule has 0 aromatic heterocycles. The summed E-state index contributed by atoms with van der Waals surface area (Å²) in [7, 11) is 0. The van der Waals surface area contributed by atoms with E-state index in [-0.39, 0.29) is 11.8 Å². The predicted molar refractivity (Wildman–Crippen MR) is 157 cm³/mol. The Kier molecular flexibility index (Phi) is 4.60. The van der Waals surface area contributed by atoms with Gasteiger partial charge < -0.3 is 0 Å². The van der Waals surface area contributed by atoms with E-state index in [1.165, 1.54) is 70.9 Å². The molecule has 0 spiro atoms. The summed E-state index contributed by atoms with van der Waals surface area (Å²) in [4.78, 5) is 0. The van der Waals surface area contributed by atoms with Gasteiger partial charge in [-0.05, 0) is 72.5 Å². The van der Waals surface area contributed by atoms with Crippen molar-refractivity contribution in [3.63, 3.8) is 0 Å². The van der Waals surface area contributed by atoms with Crippen molar-refractivity contribution >= 4 is 26.7 Å². The van der Waals surface area contributed by atoms with Crippen LogP contribution >= 0.6 is 15.9 Å². The number of halogens is 1. The molecule has 0 atom stereocenters. The van der Waals surface area contributed by atoms with Crippen molar-refractivity contribution in [2.24, 2.45) is 0 Å². The van der Waals surface area contributed by atoms with Crippen molar-refractivity contribution in [3.8, 4) is 22.3 Å². The SMILES string of the molecule is Brc1ccc(-c2ccc(-c3ccccc3)c3ccccc23)c2c1C1c3ccccc3C2c2ccccc21. The fraction of sp³-hybridized carbons (Fsp3) is 0.0556. The summed E-state index contributed by atoms with van der Waals surface area (Å²) >= 11 is 3.99. The maximum atomic E-state index is 3.99. The molecule has 0 heterocycles. The lowest BCUT2D eigenvalue weighted by Crippen LogP contribution is -2.28.